The molecule has 0 aliphatic heterocycles. The zero-order chi connectivity index (χ0) is 14.9. The first-order valence-electron chi connectivity index (χ1n) is 7.24. The van der Waals surface area contributed by atoms with Gasteiger partial charge in [0.1, 0.15) is 0 Å². The smallest absolute Gasteiger partial charge is 0.0702 e. The molecule has 1 aromatic heterocycles. The Bertz CT molecular complexity index is 440. The minimum atomic E-state index is 0.129. The summed E-state index contributed by atoms with van der Waals surface area (Å²) in [5.74, 6) is 0. The molecule has 2 atom stereocenters. The Labute approximate surface area is 135 Å². The number of halogens is 1. The Balaban J connectivity index is 2.13. The van der Waals surface area contributed by atoms with Gasteiger partial charge in [0.25, 0.3) is 0 Å². The number of hydrogen-bond acceptors (Lipinski definition) is 4. The lowest BCUT2D eigenvalue weighted by Crippen LogP contribution is -2.57. The molecule has 0 bridgehead atoms. The van der Waals surface area contributed by atoms with Crippen molar-refractivity contribution in [2.75, 3.05) is 27.7 Å². The first-order chi connectivity index (χ1) is 9.35. The van der Waals surface area contributed by atoms with E-state index in [1.165, 1.54) is 27.9 Å². The molecule has 114 valence electrons. The van der Waals surface area contributed by atoms with Gasteiger partial charge in [-0.1, -0.05) is 0 Å². The molecule has 1 aliphatic rings. The third kappa shape index (κ3) is 3.28. The Hall–Kier alpha value is 0.0600. The second-order valence-corrected chi connectivity index (χ2v) is 8.83. The summed E-state index contributed by atoms with van der Waals surface area (Å²) < 4.78 is 1.18. The van der Waals surface area contributed by atoms with Crippen LogP contribution in [0.5, 0.6) is 0 Å². The van der Waals surface area contributed by atoms with Crippen LogP contribution in [-0.4, -0.2) is 49.1 Å². The van der Waals surface area contributed by atoms with E-state index in [1.807, 2.05) is 0 Å². The minimum Gasteiger partial charge on any atom is -0.326 e. The average molecular weight is 360 g/mol. The average Bonchev–Trinajstić information content (AvgIpc) is 2.69. The van der Waals surface area contributed by atoms with Crippen LogP contribution in [0.2, 0.25) is 0 Å². The molecule has 0 radical (unpaired) electrons. The molecular formula is C15H26BrN3S. The van der Waals surface area contributed by atoms with E-state index in [4.69, 9.17) is 5.73 Å². The summed E-state index contributed by atoms with van der Waals surface area (Å²) in [6.07, 6.45) is 3.94. The minimum absolute atomic E-state index is 0.129. The predicted molar refractivity (Wildman–Crippen MR) is 91.3 cm³/mol. The summed E-state index contributed by atoms with van der Waals surface area (Å²) in [7, 11) is 6.62. The van der Waals surface area contributed by atoms with Gasteiger partial charge in [0, 0.05) is 23.0 Å². The van der Waals surface area contributed by atoms with Crippen LogP contribution < -0.4 is 5.73 Å². The van der Waals surface area contributed by atoms with Crippen molar-refractivity contribution < 1.29 is 0 Å². The highest BCUT2D eigenvalue weighted by molar-refractivity contribution is 9.11. The zero-order valence-corrected chi connectivity index (χ0v) is 15.3. The second kappa shape index (κ2) is 6.44. The quantitative estimate of drug-likeness (QED) is 0.845. The topological polar surface area (TPSA) is 32.5 Å². The van der Waals surface area contributed by atoms with Crippen LogP contribution in [0.4, 0.5) is 0 Å². The maximum atomic E-state index is 6.27. The number of nitrogens with two attached hydrogens (primary N) is 1. The zero-order valence-electron chi connectivity index (χ0n) is 12.9. The van der Waals surface area contributed by atoms with E-state index < -0.39 is 0 Å². The normalized spacial score (nSPS) is 21.0. The Morgan fingerprint density at radius 1 is 1.35 bits per heavy atom. The van der Waals surface area contributed by atoms with Crippen LogP contribution in [-0.2, 0) is 0 Å². The largest absolute Gasteiger partial charge is 0.326 e. The van der Waals surface area contributed by atoms with E-state index in [0.717, 1.165) is 6.54 Å². The molecule has 0 aromatic carbocycles. The molecule has 1 saturated carbocycles. The standard InChI is InChI=1S/C15H26BrN3S/c1-11(17)14(12-6-7-13(16)20-12)19(4)10-15(18(2)3)8-5-9-15/h6-7,11,14H,5,8-10,17H2,1-4H3. The van der Waals surface area contributed by atoms with Crippen molar-refractivity contribution in [1.82, 2.24) is 9.80 Å². The highest BCUT2D eigenvalue weighted by atomic mass is 79.9. The van der Waals surface area contributed by atoms with Gasteiger partial charge in [-0.25, -0.2) is 0 Å². The van der Waals surface area contributed by atoms with Gasteiger partial charge in [-0.2, -0.15) is 0 Å². The molecule has 2 unspecified atom stereocenters. The Morgan fingerprint density at radius 3 is 2.35 bits per heavy atom. The molecular weight excluding hydrogens is 334 g/mol. The molecule has 0 saturated heterocycles. The molecule has 0 spiro atoms. The van der Waals surface area contributed by atoms with Crippen molar-refractivity contribution in [3.05, 3.63) is 20.8 Å². The first-order valence-corrected chi connectivity index (χ1v) is 8.85. The van der Waals surface area contributed by atoms with Crippen LogP contribution >= 0.6 is 27.3 Å². The fourth-order valence-electron chi connectivity index (χ4n) is 3.26. The molecule has 2 N–H and O–H groups in total. The Morgan fingerprint density at radius 2 is 2.00 bits per heavy atom. The maximum absolute atomic E-state index is 6.27. The van der Waals surface area contributed by atoms with E-state index in [2.05, 4.69) is 65.9 Å². The number of likely N-dealkylation sites (N-methyl/N-ethyl adjacent to an activating group) is 2. The van der Waals surface area contributed by atoms with Crippen molar-refractivity contribution in [3.8, 4) is 0 Å². The number of thiophene rings is 1. The summed E-state index contributed by atoms with van der Waals surface area (Å²) in [5.41, 5.74) is 6.61. The number of nitrogens with zero attached hydrogens (tertiary/aromatic N) is 2. The molecule has 1 aromatic rings. The lowest BCUT2D eigenvalue weighted by atomic mass is 9.75. The van der Waals surface area contributed by atoms with Crippen LogP contribution in [0, 0.1) is 0 Å². The maximum Gasteiger partial charge on any atom is 0.0702 e. The first kappa shape index (κ1) is 16.4. The van der Waals surface area contributed by atoms with Gasteiger partial charge in [-0.05, 0) is 75.4 Å². The number of hydrogen-bond donors (Lipinski definition) is 1. The van der Waals surface area contributed by atoms with Crippen molar-refractivity contribution >= 4 is 27.3 Å². The molecule has 0 amide bonds. The van der Waals surface area contributed by atoms with Crippen molar-refractivity contribution in [1.29, 1.82) is 0 Å². The number of rotatable bonds is 6. The van der Waals surface area contributed by atoms with Crippen LogP contribution in [0.1, 0.15) is 37.1 Å². The summed E-state index contributed by atoms with van der Waals surface area (Å²) in [6.45, 7) is 3.19. The van der Waals surface area contributed by atoms with Gasteiger partial charge in [0.2, 0.25) is 0 Å². The lowest BCUT2D eigenvalue weighted by molar-refractivity contribution is 0.0135. The monoisotopic (exact) mass is 359 g/mol. The van der Waals surface area contributed by atoms with Gasteiger partial charge in [-0.15, -0.1) is 11.3 Å². The molecule has 20 heavy (non-hydrogen) atoms. The van der Waals surface area contributed by atoms with E-state index in [1.54, 1.807) is 11.3 Å². The fourth-order valence-corrected chi connectivity index (χ4v) is 4.96. The van der Waals surface area contributed by atoms with Gasteiger partial charge in [0.05, 0.1) is 9.83 Å². The molecule has 5 heteroatoms. The molecule has 3 nitrogen and oxygen atoms in total. The van der Waals surface area contributed by atoms with Crippen LogP contribution in [0.25, 0.3) is 0 Å². The molecule has 1 heterocycles. The summed E-state index contributed by atoms with van der Waals surface area (Å²) in [6, 6.07) is 4.74. The Kier molecular flexibility index (Phi) is 5.29. The van der Waals surface area contributed by atoms with E-state index >= 15 is 0 Å². The van der Waals surface area contributed by atoms with Crippen molar-refractivity contribution in [2.45, 2.75) is 43.8 Å². The summed E-state index contributed by atoms with van der Waals surface area (Å²) in [5, 5.41) is 0. The van der Waals surface area contributed by atoms with E-state index in [-0.39, 0.29) is 6.04 Å². The SMILES string of the molecule is CC(N)C(c1ccc(Br)s1)N(C)CC1(N(C)C)CCC1. The summed E-state index contributed by atoms with van der Waals surface area (Å²) >= 11 is 5.35. The van der Waals surface area contributed by atoms with Gasteiger partial charge in [-0.3, -0.25) is 4.90 Å². The van der Waals surface area contributed by atoms with Crippen LogP contribution in [0.15, 0.2) is 15.9 Å². The third-order valence-corrected chi connectivity index (χ3v) is 6.33. The van der Waals surface area contributed by atoms with Gasteiger partial charge < -0.3 is 10.6 Å². The fraction of sp³-hybridized carbons (Fsp3) is 0.733. The van der Waals surface area contributed by atoms with E-state index in [0.29, 0.717) is 11.6 Å². The third-order valence-electron chi connectivity index (χ3n) is 4.64. The highest BCUT2D eigenvalue weighted by Crippen LogP contribution is 2.39. The predicted octanol–water partition coefficient (Wildman–Crippen LogP) is 3.32. The second-order valence-electron chi connectivity index (χ2n) is 6.33. The van der Waals surface area contributed by atoms with Crippen LogP contribution in [0.3, 0.4) is 0 Å². The lowest BCUT2D eigenvalue weighted by Gasteiger charge is -2.50. The van der Waals surface area contributed by atoms with E-state index in [9.17, 15) is 0 Å². The molecule has 1 fully saturated rings. The van der Waals surface area contributed by atoms with Gasteiger partial charge >= 0.3 is 0 Å². The van der Waals surface area contributed by atoms with Crippen molar-refractivity contribution in [3.63, 3.8) is 0 Å². The molecule has 2 rings (SSSR count). The molecule has 1 aliphatic carbocycles. The van der Waals surface area contributed by atoms with Crippen molar-refractivity contribution in [2.24, 2.45) is 5.73 Å². The summed E-state index contributed by atoms with van der Waals surface area (Å²) in [4.78, 5) is 6.19. The highest BCUT2D eigenvalue weighted by Gasteiger charge is 2.41. The van der Waals surface area contributed by atoms with Gasteiger partial charge in [0.15, 0.2) is 0 Å².